The molecule has 4 nitrogen and oxygen atoms in total. The molecule has 1 heterocycles. The summed E-state index contributed by atoms with van der Waals surface area (Å²) < 4.78 is 5.81. The van der Waals surface area contributed by atoms with Gasteiger partial charge in [-0.3, -0.25) is 4.79 Å². The number of hydrogen-bond acceptors (Lipinski definition) is 4. The largest absolute Gasteiger partial charge is 0.459 e. The highest BCUT2D eigenvalue weighted by Gasteiger charge is 2.40. The first-order valence-corrected chi connectivity index (χ1v) is 10.1. The van der Waals surface area contributed by atoms with Crippen molar-refractivity contribution in [3.63, 3.8) is 0 Å². The quantitative estimate of drug-likeness (QED) is 0.760. The molecule has 1 aromatic carbocycles. The summed E-state index contributed by atoms with van der Waals surface area (Å²) in [5.41, 5.74) is 3.67. The fourth-order valence-corrected chi connectivity index (χ4v) is 4.74. The number of benzene rings is 1. The average Bonchev–Trinajstić information content (AvgIpc) is 3.14. The Kier molecular flexibility index (Phi) is 5.09. The van der Waals surface area contributed by atoms with E-state index in [0.717, 1.165) is 55.5 Å². The van der Waals surface area contributed by atoms with Gasteiger partial charge in [-0.15, -0.1) is 0 Å². The number of allylic oxidation sites excluding steroid dienone is 3. The molecular formula is C22H24ClNO3. The second-order valence-electron chi connectivity index (χ2n) is 7.60. The van der Waals surface area contributed by atoms with Crippen LogP contribution in [0.2, 0.25) is 5.02 Å². The van der Waals surface area contributed by atoms with E-state index in [1.165, 1.54) is 0 Å². The van der Waals surface area contributed by atoms with Crippen LogP contribution in [0.1, 0.15) is 63.4 Å². The maximum Gasteiger partial charge on any atom is 0.337 e. The fourth-order valence-electron chi connectivity index (χ4n) is 4.50. The van der Waals surface area contributed by atoms with E-state index in [-0.39, 0.29) is 17.9 Å². The minimum atomic E-state index is -0.461. The molecule has 0 radical (unpaired) electrons. The first-order chi connectivity index (χ1) is 13.1. The van der Waals surface area contributed by atoms with Crippen LogP contribution in [0.3, 0.4) is 0 Å². The van der Waals surface area contributed by atoms with Crippen LogP contribution >= 0.6 is 11.6 Å². The molecule has 0 unspecified atom stereocenters. The molecule has 1 saturated carbocycles. The summed E-state index contributed by atoms with van der Waals surface area (Å²) in [4.78, 5) is 26.0. The Bertz CT molecular complexity index is 849. The predicted octanol–water partition coefficient (Wildman–Crippen LogP) is 4.79. The van der Waals surface area contributed by atoms with Gasteiger partial charge in [0.1, 0.15) is 6.10 Å². The maximum atomic E-state index is 13.1. The molecule has 0 bridgehead atoms. The van der Waals surface area contributed by atoms with Crippen LogP contribution in [-0.2, 0) is 14.3 Å². The van der Waals surface area contributed by atoms with E-state index in [9.17, 15) is 9.59 Å². The monoisotopic (exact) mass is 385 g/mol. The van der Waals surface area contributed by atoms with E-state index in [2.05, 4.69) is 5.32 Å². The zero-order valence-electron chi connectivity index (χ0n) is 15.5. The topological polar surface area (TPSA) is 55.4 Å². The predicted molar refractivity (Wildman–Crippen MR) is 104 cm³/mol. The number of Topliss-reactive ketones (excluding diaryl/α,β-unsaturated/α-hetero) is 1. The molecule has 3 aliphatic rings. The minimum absolute atomic E-state index is 0.0258. The van der Waals surface area contributed by atoms with Crippen LogP contribution in [0.15, 0.2) is 46.8 Å². The van der Waals surface area contributed by atoms with Crippen molar-refractivity contribution in [2.24, 2.45) is 0 Å². The molecule has 1 atom stereocenters. The van der Waals surface area contributed by atoms with Crippen molar-refractivity contribution in [3.8, 4) is 0 Å². The van der Waals surface area contributed by atoms with Gasteiger partial charge in [-0.1, -0.05) is 29.8 Å². The number of hydrogen-bond donors (Lipinski definition) is 1. The first-order valence-electron chi connectivity index (χ1n) is 9.75. The maximum absolute atomic E-state index is 13.1. The second-order valence-corrected chi connectivity index (χ2v) is 8.01. The number of dihydropyridines is 1. The van der Waals surface area contributed by atoms with Gasteiger partial charge in [0.05, 0.1) is 5.57 Å². The van der Waals surface area contributed by atoms with Crippen LogP contribution in [0.4, 0.5) is 0 Å². The standard InChI is InChI=1S/C22H24ClNO3/c1-13-19(22(26)27-14-7-2-3-8-14)20(15-9-4-5-10-16(15)23)21-17(24-13)11-6-12-18(21)25/h4-5,9-10,14,20,24H,2-3,6-8,11-12H2,1H3/t20-/m0/s1. The second kappa shape index (κ2) is 7.51. The van der Waals surface area contributed by atoms with Gasteiger partial charge < -0.3 is 10.1 Å². The normalized spacial score (nSPS) is 23.3. The van der Waals surface area contributed by atoms with Gasteiger partial charge in [-0.2, -0.15) is 0 Å². The van der Waals surface area contributed by atoms with E-state index in [1.54, 1.807) is 0 Å². The SMILES string of the molecule is CC1=C(C(=O)OC2CCCC2)[C@H](c2ccccc2Cl)C2=C(CCCC2=O)N1. The molecule has 0 spiro atoms. The van der Waals surface area contributed by atoms with E-state index in [0.29, 0.717) is 22.6 Å². The van der Waals surface area contributed by atoms with E-state index < -0.39 is 5.92 Å². The van der Waals surface area contributed by atoms with Crippen molar-refractivity contribution in [2.45, 2.75) is 63.9 Å². The molecule has 27 heavy (non-hydrogen) atoms. The summed E-state index contributed by atoms with van der Waals surface area (Å²) in [6, 6.07) is 7.46. The lowest BCUT2D eigenvalue weighted by molar-refractivity contribution is -0.144. The summed E-state index contributed by atoms with van der Waals surface area (Å²) in [7, 11) is 0. The molecule has 0 saturated heterocycles. The van der Waals surface area contributed by atoms with E-state index in [1.807, 2.05) is 31.2 Å². The molecule has 0 amide bonds. The summed E-state index contributed by atoms with van der Waals surface area (Å²) in [5.74, 6) is -0.703. The van der Waals surface area contributed by atoms with E-state index >= 15 is 0 Å². The minimum Gasteiger partial charge on any atom is -0.459 e. The van der Waals surface area contributed by atoms with Crippen molar-refractivity contribution >= 4 is 23.4 Å². The van der Waals surface area contributed by atoms with Crippen LogP contribution in [0.5, 0.6) is 0 Å². The third-order valence-corrected chi connectivity index (χ3v) is 6.13. The Hall–Kier alpha value is -2.07. The third-order valence-electron chi connectivity index (χ3n) is 5.79. The number of halogens is 1. The molecule has 1 fully saturated rings. The van der Waals surface area contributed by atoms with Gasteiger partial charge in [0.25, 0.3) is 0 Å². The van der Waals surface area contributed by atoms with Gasteiger partial charge in [0.2, 0.25) is 0 Å². The summed E-state index contributed by atoms with van der Waals surface area (Å²) >= 11 is 6.50. The van der Waals surface area contributed by atoms with Crippen LogP contribution in [0.25, 0.3) is 0 Å². The van der Waals surface area contributed by atoms with Crippen LogP contribution in [-0.4, -0.2) is 17.9 Å². The molecule has 142 valence electrons. The molecule has 1 aliphatic heterocycles. The number of ether oxygens (including phenoxy) is 1. The Morgan fingerprint density at radius 1 is 1.15 bits per heavy atom. The highest BCUT2D eigenvalue weighted by Crippen LogP contribution is 2.44. The summed E-state index contributed by atoms with van der Waals surface area (Å²) in [6.07, 6.45) is 6.13. The third kappa shape index (κ3) is 3.43. The van der Waals surface area contributed by atoms with Crippen molar-refractivity contribution in [3.05, 3.63) is 57.4 Å². The van der Waals surface area contributed by atoms with Gasteiger partial charge in [0.15, 0.2) is 5.78 Å². The Labute approximate surface area is 164 Å². The number of esters is 1. The molecule has 0 aromatic heterocycles. The number of carbonyl (C=O) groups excluding carboxylic acids is 2. The van der Waals surface area contributed by atoms with Gasteiger partial charge in [-0.05, 0) is 57.1 Å². The zero-order chi connectivity index (χ0) is 19.0. The Morgan fingerprint density at radius 2 is 1.89 bits per heavy atom. The average molecular weight is 386 g/mol. The highest BCUT2D eigenvalue weighted by atomic mass is 35.5. The highest BCUT2D eigenvalue weighted by molar-refractivity contribution is 6.31. The van der Waals surface area contributed by atoms with Gasteiger partial charge >= 0.3 is 5.97 Å². The summed E-state index contributed by atoms with van der Waals surface area (Å²) in [5, 5.41) is 3.88. The van der Waals surface area contributed by atoms with Gasteiger partial charge in [0, 0.05) is 34.3 Å². The van der Waals surface area contributed by atoms with Crippen LogP contribution < -0.4 is 5.32 Å². The zero-order valence-corrected chi connectivity index (χ0v) is 16.3. The van der Waals surface area contributed by atoms with Crippen LogP contribution in [0, 0.1) is 0 Å². The lowest BCUT2D eigenvalue weighted by Gasteiger charge is -2.34. The molecular weight excluding hydrogens is 362 g/mol. The van der Waals surface area contributed by atoms with Gasteiger partial charge in [-0.25, -0.2) is 4.79 Å². The van der Waals surface area contributed by atoms with Crippen molar-refractivity contribution in [1.82, 2.24) is 5.32 Å². The van der Waals surface area contributed by atoms with Crippen molar-refractivity contribution < 1.29 is 14.3 Å². The Morgan fingerprint density at radius 3 is 2.63 bits per heavy atom. The summed E-state index contributed by atoms with van der Waals surface area (Å²) in [6.45, 7) is 1.89. The first kappa shape index (κ1) is 18.3. The molecule has 5 heteroatoms. The fraction of sp³-hybridized carbons (Fsp3) is 0.455. The molecule has 1 N–H and O–H groups in total. The smallest absolute Gasteiger partial charge is 0.337 e. The molecule has 4 rings (SSSR count). The van der Waals surface area contributed by atoms with Crippen molar-refractivity contribution in [1.29, 1.82) is 0 Å². The Balaban J connectivity index is 1.78. The number of ketones is 1. The lowest BCUT2D eigenvalue weighted by atomic mass is 9.75. The van der Waals surface area contributed by atoms with E-state index in [4.69, 9.17) is 16.3 Å². The molecule has 2 aliphatic carbocycles. The number of carbonyl (C=O) groups is 2. The lowest BCUT2D eigenvalue weighted by Crippen LogP contribution is -2.35. The number of nitrogens with one attached hydrogen (secondary N) is 1. The number of rotatable bonds is 3. The van der Waals surface area contributed by atoms with Crippen molar-refractivity contribution in [2.75, 3.05) is 0 Å². The molecule has 1 aromatic rings.